The number of hydrogen-bond donors (Lipinski definition) is 1. The Hall–Kier alpha value is -1.72. The zero-order valence-corrected chi connectivity index (χ0v) is 12.9. The SMILES string of the molecule is Cc1cc(C)nc(C)c1.Cc1ccccc1S(=O)(=O)O. The molecule has 2 aromatic rings. The highest BCUT2D eigenvalue weighted by atomic mass is 32.2. The molecular formula is C15H19NO3S. The Kier molecular flexibility index (Phi) is 5.42. The minimum Gasteiger partial charge on any atom is -0.282 e. The Bertz CT molecular complexity index is 644. The lowest BCUT2D eigenvalue weighted by molar-refractivity contribution is 0.482. The fraction of sp³-hybridized carbons (Fsp3) is 0.267. The summed E-state index contributed by atoms with van der Waals surface area (Å²) < 4.78 is 29.9. The van der Waals surface area contributed by atoms with Crippen LogP contribution in [0.15, 0.2) is 41.3 Å². The summed E-state index contributed by atoms with van der Waals surface area (Å²) in [6, 6.07) is 10.4. The maximum Gasteiger partial charge on any atom is 0.294 e. The molecule has 0 amide bonds. The molecule has 0 bridgehead atoms. The largest absolute Gasteiger partial charge is 0.294 e. The van der Waals surface area contributed by atoms with Crippen molar-refractivity contribution in [3.8, 4) is 0 Å². The van der Waals surface area contributed by atoms with E-state index in [-0.39, 0.29) is 4.90 Å². The lowest BCUT2D eigenvalue weighted by atomic mass is 10.2. The molecule has 0 saturated carbocycles. The zero-order chi connectivity index (χ0) is 15.3. The van der Waals surface area contributed by atoms with E-state index >= 15 is 0 Å². The summed E-state index contributed by atoms with van der Waals surface area (Å²) in [4.78, 5) is 4.21. The summed E-state index contributed by atoms with van der Waals surface area (Å²) in [5.74, 6) is 0. The molecular weight excluding hydrogens is 274 g/mol. The Morgan fingerprint density at radius 3 is 1.80 bits per heavy atom. The predicted molar refractivity (Wildman–Crippen MR) is 79.4 cm³/mol. The first-order chi connectivity index (χ1) is 9.20. The second kappa shape index (κ2) is 6.63. The summed E-state index contributed by atoms with van der Waals surface area (Å²) in [5.41, 5.74) is 4.05. The van der Waals surface area contributed by atoms with Crippen molar-refractivity contribution in [1.29, 1.82) is 0 Å². The molecule has 0 saturated heterocycles. The van der Waals surface area contributed by atoms with Crippen LogP contribution in [0.3, 0.4) is 0 Å². The molecule has 0 aliphatic carbocycles. The Labute approximate surface area is 120 Å². The van der Waals surface area contributed by atoms with Gasteiger partial charge >= 0.3 is 0 Å². The van der Waals surface area contributed by atoms with E-state index in [4.69, 9.17) is 4.55 Å². The Morgan fingerprint density at radius 2 is 1.45 bits per heavy atom. The monoisotopic (exact) mass is 293 g/mol. The van der Waals surface area contributed by atoms with Crippen LogP contribution < -0.4 is 0 Å². The van der Waals surface area contributed by atoms with Gasteiger partial charge in [-0.3, -0.25) is 9.54 Å². The van der Waals surface area contributed by atoms with E-state index in [0.717, 1.165) is 11.4 Å². The molecule has 0 fully saturated rings. The van der Waals surface area contributed by atoms with Gasteiger partial charge < -0.3 is 0 Å². The number of rotatable bonds is 1. The van der Waals surface area contributed by atoms with E-state index in [1.54, 1.807) is 25.1 Å². The van der Waals surface area contributed by atoms with Crippen LogP contribution >= 0.6 is 0 Å². The van der Waals surface area contributed by atoms with Crippen LogP contribution in [-0.4, -0.2) is 18.0 Å². The third kappa shape index (κ3) is 5.11. The van der Waals surface area contributed by atoms with Gasteiger partial charge in [-0.05, 0) is 57.0 Å². The van der Waals surface area contributed by atoms with Crippen molar-refractivity contribution in [2.24, 2.45) is 0 Å². The smallest absolute Gasteiger partial charge is 0.282 e. The molecule has 20 heavy (non-hydrogen) atoms. The molecule has 0 atom stereocenters. The van der Waals surface area contributed by atoms with Crippen LogP contribution in [0, 0.1) is 27.7 Å². The van der Waals surface area contributed by atoms with Gasteiger partial charge in [0.1, 0.15) is 0 Å². The van der Waals surface area contributed by atoms with Crippen molar-refractivity contribution in [3.63, 3.8) is 0 Å². The number of hydrogen-bond acceptors (Lipinski definition) is 3. The second-order valence-corrected chi connectivity index (χ2v) is 6.06. The fourth-order valence-electron chi connectivity index (χ4n) is 1.89. The topological polar surface area (TPSA) is 67.3 Å². The predicted octanol–water partition coefficient (Wildman–Crippen LogP) is 3.25. The summed E-state index contributed by atoms with van der Waals surface area (Å²) >= 11 is 0. The molecule has 5 heteroatoms. The van der Waals surface area contributed by atoms with Crippen molar-refractivity contribution in [2.45, 2.75) is 32.6 Å². The van der Waals surface area contributed by atoms with E-state index in [1.807, 2.05) is 13.8 Å². The molecule has 1 aromatic carbocycles. The van der Waals surface area contributed by atoms with Gasteiger partial charge in [0.15, 0.2) is 0 Å². The quantitative estimate of drug-likeness (QED) is 0.820. The standard InChI is InChI=1S/C8H11N.C7H8O3S/c1-6-4-7(2)9-8(3)5-6;1-6-4-2-3-5-7(6)11(8,9)10/h4-5H,1-3H3;2-5H,1H3,(H,8,9,10). The van der Waals surface area contributed by atoms with Crippen LogP contribution in [0.25, 0.3) is 0 Å². The van der Waals surface area contributed by atoms with E-state index in [0.29, 0.717) is 5.56 Å². The Morgan fingerprint density at radius 1 is 0.950 bits per heavy atom. The average Bonchev–Trinajstić information content (AvgIpc) is 2.26. The van der Waals surface area contributed by atoms with Crippen LogP contribution in [0.2, 0.25) is 0 Å². The molecule has 1 aromatic heterocycles. The van der Waals surface area contributed by atoms with E-state index in [1.165, 1.54) is 11.6 Å². The molecule has 1 heterocycles. The van der Waals surface area contributed by atoms with Crippen molar-refractivity contribution < 1.29 is 13.0 Å². The number of aryl methyl sites for hydroxylation is 4. The Balaban J connectivity index is 0.000000204. The first kappa shape index (κ1) is 16.3. The lowest BCUT2D eigenvalue weighted by Crippen LogP contribution is -1.99. The summed E-state index contributed by atoms with van der Waals surface area (Å²) in [5, 5.41) is 0. The molecule has 0 spiro atoms. The van der Waals surface area contributed by atoms with Crippen LogP contribution in [0.4, 0.5) is 0 Å². The van der Waals surface area contributed by atoms with E-state index in [9.17, 15) is 8.42 Å². The zero-order valence-electron chi connectivity index (χ0n) is 12.1. The normalized spacial score (nSPS) is 10.7. The molecule has 0 unspecified atom stereocenters. The maximum atomic E-state index is 10.6. The van der Waals surface area contributed by atoms with Crippen molar-refractivity contribution >= 4 is 10.1 Å². The van der Waals surface area contributed by atoms with Gasteiger partial charge in [-0.15, -0.1) is 0 Å². The van der Waals surface area contributed by atoms with Gasteiger partial charge in [0.2, 0.25) is 0 Å². The highest BCUT2D eigenvalue weighted by molar-refractivity contribution is 7.85. The molecule has 0 radical (unpaired) electrons. The van der Waals surface area contributed by atoms with Crippen molar-refractivity contribution in [2.75, 3.05) is 0 Å². The average molecular weight is 293 g/mol. The lowest BCUT2D eigenvalue weighted by Gasteiger charge is -1.99. The first-order valence-corrected chi connectivity index (χ1v) is 7.59. The summed E-state index contributed by atoms with van der Waals surface area (Å²) in [6.07, 6.45) is 0. The molecule has 108 valence electrons. The van der Waals surface area contributed by atoms with Crippen molar-refractivity contribution in [1.82, 2.24) is 4.98 Å². The van der Waals surface area contributed by atoms with Crippen LogP contribution in [0.1, 0.15) is 22.5 Å². The number of nitrogens with zero attached hydrogens (tertiary/aromatic N) is 1. The molecule has 2 rings (SSSR count). The molecule has 1 N–H and O–H groups in total. The third-order valence-corrected chi connectivity index (χ3v) is 3.61. The molecule has 0 aliphatic rings. The summed E-state index contributed by atoms with van der Waals surface area (Å²) in [6.45, 7) is 7.74. The van der Waals surface area contributed by atoms with Gasteiger partial charge in [0.05, 0.1) is 4.90 Å². The number of pyridine rings is 1. The molecule has 0 aliphatic heterocycles. The fourth-order valence-corrected chi connectivity index (χ4v) is 2.61. The van der Waals surface area contributed by atoms with Crippen molar-refractivity contribution in [3.05, 3.63) is 58.9 Å². The first-order valence-electron chi connectivity index (χ1n) is 6.15. The maximum absolute atomic E-state index is 10.6. The van der Waals surface area contributed by atoms with Gasteiger partial charge in [-0.1, -0.05) is 18.2 Å². The second-order valence-electron chi connectivity index (χ2n) is 4.67. The minimum atomic E-state index is -4.03. The van der Waals surface area contributed by atoms with E-state index < -0.39 is 10.1 Å². The van der Waals surface area contributed by atoms with Crippen LogP contribution in [0.5, 0.6) is 0 Å². The van der Waals surface area contributed by atoms with Gasteiger partial charge in [0, 0.05) is 11.4 Å². The number of benzene rings is 1. The highest BCUT2D eigenvalue weighted by Gasteiger charge is 2.10. The van der Waals surface area contributed by atoms with E-state index in [2.05, 4.69) is 24.0 Å². The minimum absolute atomic E-state index is 0.0278. The third-order valence-electron chi connectivity index (χ3n) is 2.60. The van der Waals surface area contributed by atoms with Gasteiger partial charge in [0.25, 0.3) is 10.1 Å². The summed E-state index contributed by atoms with van der Waals surface area (Å²) in [7, 11) is -4.03. The van der Waals surface area contributed by atoms with Crippen LogP contribution in [-0.2, 0) is 10.1 Å². The highest BCUT2D eigenvalue weighted by Crippen LogP contribution is 2.12. The van der Waals surface area contributed by atoms with Gasteiger partial charge in [-0.25, -0.2) is 0 Å². The van der Waals surface area contributed by atoms with Gasteiger partial charge in [-0.2, -0.15) is 8.42 Å². The molecule has 4 nitrogen and oxygen atoms in total. The number of aromatic nitrogens is 1.